The number of hydrogen-bond donors (Lipinski definition) is 1. The van der Waals surface area contributed by atoms with E-state index in [2.05, 4.69) is 16.8 Å². The number of carboxylic acid groups (broad SMARTS) is 1. The van der Waals surface area contributed by atoms with Gasteiger partial charge in [-0.15, -0.1) is 0 Å². The Morgan fingerprint density at radius 3 is 2.70 bits per heavy atom. The molecule has 2 aromatic rings. The maximum atomic E-state index is 13.2. The van der Waals surface area contributed by atoms with Crippen LogP contribution in [0, 0.1) is 17.7 Å². The van der Waals surface area contributed by atoms with E-state index in [0.717, 1.165) is 6.07 Å². The molecule has 0 bridgehead atoms. The summed E-state index contributed by atoms with van der Waals surface area (Å²) in [5.74, 6) is 4.03. The number of pyridine rings is 1. The van der Waals surface area contributed by atoms with Crippen molar-refractivity contribution in [1.29, 1.82) is 0 Å². The molecule has 1 aromatic heterocycles. The van der Waals surface area contributed by atoms with Gasteiger partial charge in [-0.2, -0.15) is 0 Å². The van der Waals surface area contributed by atoms with Crippen molar-refractivity contribution in [2.75, 3.05) is 7.11 Å². The summed E-state index contributed by atoms with van der Waals surface area (Å²) in [5.41, 5.74) is 0.623. The molecule has 0 saturated heterocycles. The molecule has 1 aromatic carbocycles. The van der Waals surface area contributed by atoms with Crippen molar-refractivity contribution in [3.63, 3.8) is 0 Å². The highest BCUT2D eigenvalue weighted by Gasteiger charge is 2.09. The van der Waals surface area contributed by atoms with E-state index in [9.17, 15) is 9.18 Å². The van der Waals surface area contributed by atoms with Gasteiger partial charge in [0, 0.05) is 17.3 Å². The number of aromatic nitrogens is 1. The van der Waals surface area contributed by atoms with Crippen LogP contribution in [0.5, 0.6) is 5.75 Å². The van der Waals surface area contributed by atoms with Crippen LogP contribution in [0.25, 0.3) is 0 Å². The van der Waals surface area contributed by atoms with E-state index >= 15 is 0 Å². The number of carbonyl (C=O) groups is 1. The summed E-state index contributed by atoms with van der Waals surface area (Å²) >= 11 is 0. The van der Waals surface area contributed by atoms with Crippen LogP contribution in [0.15, 0.2) is 36.7 Å². The zero-order valence-corrected chi connectivity index (χ0v) is 10.6. The number of hydrogen-bond acceptors (Lipinski definition) is 3. The Kier molecular flexibility index (Phi) is 3.96. The lowest BCUT2D eigenvalue weighted by atomic mass is 10.1. The summed E-state index contributed by atoms with van der Waals surface area (Å²) in [6.07, 6.45) is 3.10. The Bertz CT molecular complexity index is 717. The Labute approximate surface area is 114 Å². The van der Waals surface area contributed by atoms with Crippen LogP contribution >= 0.6 is 0 Å². The van der Waals surface area contributed by atoms with Gasteiger partial charge in [0.1, 0.15) is 11.6 Å². The highest BCUT2D eigenvalue weighted by Crippen LogP contribution is 2.11. The molecule has 0 aliphatic rings. The third-order valence-corrected chi connectivity index (χ3v) is 2.50. The number of ether oxygens (including phenoxy) is 1. The van der Waals surface area contributed by atoms with Gasteiger partial charge < -0.3 is 9.84 Å². The molecule has 5 heteroatoms. The van der Waals surface area contributed by atoms with Crippen molar-refractivity contribution in [1.82, 2.24) is 4.98 Å². The van der Waals surface area contributed by atoms with Gasteiger partial charge >= 0.3 is 5.97 Å². The first-order valence-electron chi connectivity index (χ1n) is 5.64. The molecule has 0 fully saturated rings. The largest absolute Gasteiger partial charge is 0.495 e. The van der Waals surface area contributed by atoms with Gasteiger partial charge in [-0.3, -0.25) is 4.98 Å². The summed E-state index contributed by atoms with van der Waals surface area (Å²) in [7, 11) is 1.52. The molecule has 1 N–H and O–H groups in total. The van der Waals surface area contributed by atoms with Crippen LogP contribution in [0.3, 0.4) is 0 Å². The predicted molar refractivity (Wildman–Crippen MR) is 70.1 cm³/mol. The number of halogens is 1. The zero-order valence-electron chi connectivity index (χ0n) is 10.6. The van der Waals surface area contributed by atoms with E-state index in [1.165, 1.54) is 19.2 Å². The second-order valence-electron chi connectivity index (χ2n) is 3.86. The Balaban J connectivity index is 2.33. The van der Waals surface area contributed by atoms with Gasteiger partial charge in [-0.05, 0) is 24.3 Å². The van der Waals surface area contributed by atoms with Crippen LogP contribution in [0.4, 0.5) is 4.39 Å². The molecule has 0 spiro atoms. The first kappa shape index (κ1) is 13.6. The monoisotopic (exact) mass is 271 g/mol. The molecule has 0 amide bonds. The normalized spacial score (nSPS) is 9.50. The second-order valence-corrected chi connectivity index (χ2v) is 3.86. The lowest BCUT2D eigenvalue weighted by molar-refractivity contribution is 0.0692. The lowest BCUT2D eigenvalue weighted by Crippen LogP contribution is -2.00. The maximum absolute atomic E-state index is 13.2. The fourth-order valence-electron chi connectivity index (χ4n) is 1.51. The number of nitrogens with zero attached hydrogens (tertiary/aromatic N) is 1. The Hall–Kier alpha value is -2.87. The summed E-state index contributed by atoms with van der Waals surface area (Å²) < 4.78 is 18.2. The van der Waals surface area contributed by atoms with Crippen LogP contribution in [0.1, 0.15) is 21.5 Å². The summed E-state index contributed by atoms with van der Waals surface area (Å²) in [6, 6.07) is 5.39. The van der Waals surface area contributed by atoms with E-state index < -0.39 is 17.3 Å². The van der Waals surface area contributed by atoms with Gasteiger partial charge in [-0.1, -0.05) is 11.8 Å². The van der Waals surface area contributed by atoms with Crippen LogP contribution in [-0.4, -0.2) is 23.2 Å². The quantitative estimate of drug-likeness (QED) is 0.852. The SMILES string of the molecule is COc1cncc(C#Cc2ccc(F)c(C(=O)O)c2)c1. The van der Waals surface area contributed by atoms with E-state index in [1.807, 2.05) is 0 Å². The van der Waals surface area contributed by atoms with E-state index in [1.54, 1.807) is 18.5 Å². The van der Waals surface area contributed by atoms with Gasteiger partial charge in [-0.25, -0.2) is 9.18 Å². The first-order chi connectivity index (χ1) is 9.60. The number of carboxylic acids is 1. The van der Waals surface area contributed by atoms with Crippen molar-refractivity contribution in [3.05, 3.63) is 59.2 Å². The molecule has 2 rings (SSSR count). The minimum Gasteiger partial charge on any atom is -0.495 e. The summed E-state index contributed by atoms with van der Waals surface area (Å²) in [5, 5.41) is 8.83. The third kappa shape index (κ3) is 3.12. The summed E-state index contributed by atoms with van der Waals surface area (Å²) in [4.78, 5) is 14.8. The number of aromatic carboxylic acids is 1. The van der Waals surface area contributed by atoms with E-state index in [0.29, 0.717) is 16.9 Å². The van der Waals surface area contributed by atoms with Crippen molar-refractivity contribution in [2.45, 2.75) is 0 Å². The second kappa shape index (κ2) is 5.85. The highest BCUT2D eigenvalue weighted by molar-refractivity contribution is 5.88. The average Bonchev–Trinajstić information content (AvgIpc) is 2.46. The molecular weight excluding hydrogens is 261 g/mol. The zero-order chi connectivity index (χ0) is 14.5. The van der Waals surface area contributed by atoms with Gasteiger partial charge in [0.2, 0.25) is 0 Å². The Morgan fingerprint density at radius 2 is 2.00 bits per heavy atom. The van der Waals surface area contributed by atoms with Crippen molar-refractivity contribution < 1.29 is 19.0 Å². The lowest BCUT2D eigenvalue weighted by Gasteiger charge is -1.98. The van der Waals surface area contributed by atoms with Crippen molar-refractivity contribution in [2.24, 2.45) is 0 Å². The average molecular weight is 271 g/mol. The fraction of sp³-hybridized carbons (Fsp3) is 0.0667. The molecule has 0 aliphatic carbocycles. The molecule has 100 valence electrons. The molecule has 0 atom stereocenters. The van der Waals surface area contributed by atoms with Gasteiger partial charge in [0.05, 0.1) is 18.9 Å². The molecule has 0 unspecified atom stereocenters. The standard InChI is InChI=1S/C15H10FNO3/c1-20-12-6-11(8-17-9-12)3-2-10-4-5-14(16)13(7-10)15(18)19/h4-9H,1H3,(H,18,19). The van der Waals surface area contributed by atoms with Crippen LogP contribution < -0.4 is 4.74 Å². The van der Waals surface area contributed by atoms with E-state index in [4.69, 9.17) is 9.84 Å². The predicted octanol–water partition coefficient (Wildman–Crippen LogP) is 2.33. The third-order valence-electron chi connectivity index (χ3n) is 2.50. The maximum Gasteiger partial charge on any atom is 0.338 e. The van der Waals surface area contributed by atoms with Gasteiger partial charge in [0.25, 0.3) is 0 Å². The number of methoxy groups -OCH3 is 1. The van der Waals surface area contributed by atoms with Crippen molar-refractivity contribution >= 4 is 5.97 Å². The molecule has 0 saturated carbocycles. The molecule has 20 heavy (non-hydrogen) atoms. The van der Waals surface area contributed by atoms with Crippen LogP contribution in [0.2, 0.25) is 0 Å². The Morgan fingerprint density at radius 1 is 1.25 bits per heavy atom. The molecule has 4 nitrogen and oxygen atoms in total. The molecule has 0 aliphatic heterocycles. The smallest absolute Gasteiger partial charge is 0.338 e. The highest BCUT2D eigenvalue weighted by atomic mass is 19.1. The fourth-order valence-corrected chi connectivity index (χ4v) is 1.51. The number of benzene rings is 1. The molecular formula is C15H10FNO3. The van der Waals surface area contributed by atoms with Gasteiger partial charge in [0.15, 0.2) is 0 Å². The minimum atomic E-state index is -1.32. The topological polar surface area (TPSA) is 59.4 Å². The molecule has 1 heterocycles. The first-order valence-corrected chi connectivity index (χ1v) is 5.64. The summed E-state index contributed by atoms with van der Waals surface area (Å²) in [6.45, 7) is 0. The van der Waals surface area contributed by atoms with Crippen molar-refractivity contribution in [3.8, 4) is 17.6 Å². The van der Waals surface area contributed by atoms with E-state index in [-0.39, 0.29) is 0 Å². The molecule has 0 radical (unpaired) electrons. The van der Waals surface area contributed by atoms with Crippen LogP contribution in [-0.2, 0) is 0 Å². The minimum absolute atomic E-state index is 0.402. The number of rotatable bonds is 2.